The van der Waals surface area contributed by atoms with Crippen molar-refractivity contribution in [3.05, 3.63) is 52.5 Å². The Morgan fingerprint density at radius 1 is 1.22 bits per heavy atom. The van der Waals surface area contributed by atoms with Gasteiger partial charge in [0.25, 0.3) is 0 Å². The number of carbonyl (C=O) groups is 1. The van der Waals surface area contributed by atoms with Crippen molar-refractivity contribution in [1.29, 1.82) is 0 Å². The first-order valence-electron chi connectivity index (χ1n) is 8.46. The van der Waals surface area contributed by atoms with Crippen LogP contribution in [-0.4, -0.2) is 37.8 Å². The number of ketones is 1. The van der Waals surface area contributed by atoms with Crippen molar-refractivity contribution >= 4 is 32.5 Å². The van der Waals surface area contributed by atoms with Crippen LogP contribution in [0.3, 0.4) is 0 Å². The number of hydrogen-bond acceptors (Lipinski definition) is 5. The van der Waals surface area contributed by atoms with Crippen LogP contribution < -0.4 is 0 Å². The Morgan fingerprint density at radius 2 is 1.85 bits per heavy atom. The first-order chi connectivity index (χ1) is 12.7. The number of nitrogens with zero attached hydrogens (tertiary/aromatic N) is 1. The van der Waals surface area contributed by atoms with Crippen molar-refractivity contribution in [2.24, 2.45) is 5.92 Å². The third kappa shape index (κ3) is 4.87. The van der Waals surface area contributed by atoms with Crippen molar-refractivity contribution < 1.29 is 22.0 Å². The van der Waals surface area contributed by atoms with Gasteiger partial charge in [-0.2, -0.15) is 0 Å². The number of aromatic nitrogens is 1. The average Bonchev–Trinajstić information content (AvgIpc) is 3.22. The van der Waals surface area contributed by atoms with Crippen LogP contribution in [0.5, 0.6) is 0 Å². The molecule has 0 N–H and O–H groups in total. The number of Topliss-reactive ketones (excluding diaryl/α,β-unsaturated/α-hetero) is 1. The number of allylic oxidation sites excluding steroid dienone is 2. The lowest BCUT2D eigenvalue weighted by Crippen LogP contribution is -2.08. The molecule has 2 aromatic rings. The summed E-state index contributed by atoms with van der Waals surface area (Å²) < 4.78 is 50.4. The SMILES string of the molecule is CS(=O)(=O)c1ccc(/C(=C\C2C[C@H](F)[C@@H](F)C2)C(=O)Cc2nccs2)cc1. The normalized spacial score (nSPS) is 21.5. The molecule has 0 unspecified atom stereocenters. The molecule has 1 aromatic carbocycles. The van der Waals surface area contributed by atoms with Gasteiger partial charge < -0.3 is 0 Å². The summed E-state index contributed by atoms with van der Waals surface area (Å²) >= 11 is 1.35. The fourth-order valence-corrected chi connectivity index (χ4v) is 4.39. The summed E-state index contributed by atoms with van der Waals surface area (Å²) in [7, 11) is -3.36. The van der Waals surface area contributed by atoms with Crippen LogP contribution in [0.1, 0.15) is 23.4 Å². The van der Waals surface area contributed by atoms with Crippen LogP contribution in [0.15, 0.2) is 46.8 Å². The third-order valence-electron chi connectivity index (χ3n) is 4.54. The van der Waals surface area contributed by atoms with Gasteiger partial charge in [0.2, 0.25) is 0 Å². The number of sulfone groups is 1. The minimum Gasteiger partial charge on any atom is -0.294 e. The maximum atomic E-state index is 13.5. The Labute approximate surface area is 160 Å². The van der Waals surface area contributed by atoms with E-state index >= 15 is 0 Å². The van der Waals surface area contributed by atoms with Gasteiger partial charge in [-0.3, -0.25) is 4.79 Å². The second kappa shape index (κ2) is 7.98. The van der Waals surface area contributed by atoms with Gasteiger partial charge in [-0.1, -0.05) is 18.2 Å². The molecule has 8 heteroatoms. The first-order valence-corrected chi connectivity index (χ1v) is 11.2. The number of halogens is 2. The minimum absolute atomic E-state index is 0.0383. The fourth-order valence-electron chi connectivity index (χ4n) is 3.15. The summed E-state index contributed by atoms with van der Waals surface area (Å²) in [6, 6.07) is 5.97. The van der Waals surface area contributed by atoms with Crippen molar-refractivity contribution in [2.75, 3.05) is 6.26 Å². The number of benzene rings is 1. The summed E-state index contributed by atoms with van der Waals surface area (Å²) in [4.78, 5) is 17.1. The number of hydrogen-bond donors (Lipinski definition) is 0. The van der Waals surface area contributed by atoms with E-state index in [1.165, 1.54) is 23.5 Å². The maximum Gasteiger partial charge on any atom is 0.175 e. The predicted molar refractivity (Wildman–Crippen MR) is 101 cm³/mol. The van der Waals surface area contributed by atoms with E-state index < -0.39 is 22.2 Å². The van der Waals surface area contributed by atoms with Gasteiger partial charge >= 0.3 is 0 Å². The Kier molecular flexibility index (Phi) is 5.86. The molecular formula is C19H19F2NO3S2. The molecule has 3 rings (SSSR count). The van der Waals surface area contributed by atoms with Crippen LogP contribution in [0.25, 0.3) is 5.57 Å². The van der Waals surface area contributed by atoms with Crippen LogP contribution in [0, 0.1) is 5.92 Å². The van der Waals surface area contributed by atoms with E-state index in [2.05, 4.69) is 4.98 Å². The molecule has 1 fully saturated rings. The van der Waals surface area contributed by atoms with Gasteiger partial charge in [-0.15, -0.1) is 11.3 Å². The standard InChI is InChI=1S/C19H19F2NO3S2/c1-27(24,25)14-4-2-13(3-5-14)15(8-12-9-16(20)17(21)10-12)18(23)11-19-22-6-7-26-19/h2-8,12,16-17H,9-11H2,1H3/b15-8+/t16-,17-/m0/s1. The minimum atomic E-state index is -3.36. The molecule has 0 radical (unpaired) electrons. The average molecular weight is 411 g/mol. The Hall–Kier alpha value is -1.93. The highest BCUT2D eigenvalue weighted by Crippen LogP contribution is 2.34. The van der Waals surface area contributed by atoms with Crippen LogP contribution in [-0.2, 0) is 21.1 Å². The summed E-state index contributed by atoms with van der Waals surface area (Å²) in [5.41, 5.74) is 0.873. The highest BCUT2D eigenvalue weighted by atomic mass is 32.2. The lowest BCUT2D eigenvalue weighted by Gasteiger charge is -2.11. The first kappa shape index (κ1) is 19.8. The van der Waals surface area contributed by atoms with Crippen molar-refractivity contribution in [2.45, 2.75) is 36.5 Å². The molecular weight excluding hydrogens is 392 g/mol. The monoisotopic (exact) mass is 411 g/mol. The largest absolute Gasteiger partial charge is 0.294 e. The van der Waals surface area contributed by atoms with E-state index in [1.807, 2.05) is 0 Å². The summed E-state index contributed by atoms with van der Waals surface area (Å²) in [5.74, 6) is -0.588. The van der Waals surface area contributed by atoms with E-state index in [1.54, 1.807) is 29.8 Å². The van der Waals surface area contributed by atoms with Gasteiger partial charge in [-0.25, -0.2) is 22.2 Å². The van der Waals surface area contributed by atoms with Crippen molar-refractivity contribution in [1.82, 2.24) is 4.98 Å². The summed E-state index contributed by atoms with van der Waals surface area (Å²) in [6.07, 6.45) is 1.46. The Balaban J connectivity index is 1.93. The van der Waals surface area contributed by atoms with Crippen LogP contribution >= 0.6 is 11.3 Å². The smallest absolute Gasteiger partial charge is 0.175 e. The fraction of sp³-hybridized carbons (Fsp3) is 0.368. The number of thiazole rings is 1. The van der Waals surface area contributed by atoms with Gasteiger partial charge in [0.1, 0.15) is 17.4 Å². The Bertz CT molecular complexity index is 928. The highest BCUT2D eigenvalue weighted by Gasteiger charge is 2.34. The zero-order valence-electron chi connectivity index (χ0n) is 14.6. The second-order valence-electron chi connectivity index (χ2n) is 6.67. The molecule has 1 heterocycles. The predicted octanol–water partition coefficient (Wildman–Crippen LogP) is 3.83. The molecule has 0 spiro atoms. The van der Waals surface area contributed by atoms with Gasteiger partial charge in [0, 0.05) is 23.4 Å². The summed E-state index contributed by atoms with van der Waals surface area (Å²) in [6.45, 7) is 0. The van der Waals surface area contributed by atoms with E-state index in [9.17, 15) is 22.0 Å². The second-order valence-corrected chi connectivity index (χ2v) is 9.66. The highest BCUT2D eigenvalue weighted by molar-refractivity contribution is 7.90. The molecule has 0 saturated heterocycles. The number of rotatable bonds is 6. The lowest BCUT2D eigenvalue weighted by atomic mass is 9.94. The Morgan fingerprint density at radius 3 is 2.37 bits per heavy atom. The topological polar surface area (TPSA) is 64.1 Å². The molecule has 1 saturated carbocycles. The molecule has 1 aromatic heterocycles. The molecule has 4 nitrogen and oxygen atoms in total. The molecule has 2 atom stereocenters. The lowest BCUT2D eigenvalue weighted by molar-refractivity contribution is -0.113. The van der Waals surface area contributed by atoms with E-state index in [0.717, 1.165) is 6.26 Å². The molecule has 27 heavy (non-hydrogen) atoms. The van der Waals surface area contributed by atoms with E-state index in [4.69, 9.17) is 0 Å². The zero-order valence-corrected chi connectivity index (χ0v) is 16.3. The molecule has 0 amide bonds. The number of alkyl halides is 2. The van der Waals surface area contributed by atoms with Crippen molar-refractivity contribution in [3.8, 4) is 0 Å². The zero-order chi connectivity index (χ0) is 19.6. The van der Waals surface area contributed by atoms with Gasteiger partial charge in [-0.05, 0) is 36.5 Å². The van der Waals surface area contributed by atoms with Crippen LogP contribution in [0.2, 0.25) is 0 Å². The van der Waals surface area contributed by atoms with E-state index in [0.29, 0.717) is 16.1 Å². The third-order valence-corrected chi connectivity index (χ3v) is 6.45. The van der Waals surface area contributed by atoms with Crippen LogP contribution in [0.4, 0.5) is 8.78 Å². The van der Waals surface area contributed by atoms with Crippen molar-refractivity contribution in [3.63, 3.8) is 0 Å². The molecule has 1 aliphatic carbocycles. The molecule has 1 aliphatic rings. The maximum absolute atomic E-state index is 13.5. The van der Waals surface area contributed by atoms with E-state index in [-0.39, 0.29) is 35.9 Å². The number of carbonyl (C=O) groups excluding carboxylic acids is 1. The quantitative estimate of drug-likeness (QED) is 0.678. The molecule has 0 bridgehead atoms. The van der Waals surface area contributed by atoms with Gasteiger partial charge in [0.05, 0.1) is 11.3 Å². The molecule has 0 aliphatic heterocycles. The van der Waals surface area contributed by atoms with Gasteiger partial charge in [0.15, 0.2) is 15.6 Å². The molecule has 144 valence electrons. The summed E-state index contributed by atoms with van der Waals surface area (Å²) in [5, 5.41) is 2.42.